The number of hydrogen-bond acceptors (Lipinski definition) is 5. The molecule has 2 aromatic rings. The Morgan fingerprint density at radius 2 is 2.15 bits per heavy atom. The first kappa shape index (κ1) is 18.0. The van der Waals surface area contributed by atoms with Gasteiger partial charge in [-0.2, -0.15) is 0 Å². The minimum Gasteiger partial charge on any atom is -0.450 e. The summed E-state index contributed by atoms with van der Waals surface area (Å²) >= 11 is 0. The predicted octanol–water partition coefficient (Wildman–Crippen LogP) is 1.02. The summed E-state index contributed by atoms with van der Waals surface area (Å²) in [5.41, 5.74) is 0.818. The number of aromatic nitrogens is 3. The summed E-state index contributed by atoms with van der Waals surface area (Å²) in [6, 6.07) is 6.07. The largest absolute Gasteiger partial charge is 0.450 e. The van der Waals surface area contributed by atoms with E-state index in [-0.39, 0.29) is 12.1 Å². The number of hydrogen-bond donors (Lipinski definition) is 2. The van der Waals surface area contributed by atoms with Crippen LogP contribution in [0.2, 0.25) is 0 Å². The maximum absolute atomic E-state index is 11.8. The second-order valence-electron chi connectivity index (χ2n) is 6.08. The zero-order valence-corrected chi connectivity index (χ0v) is 15.2. The lowest BCUT2D eigenvalue weighted by Crippen LogP contribution is -2.49. The van der Waals surface area contributed by atoms with Crippen LogP contribution in [0.15, 0.2) is 29.4 Å². The highest BCUT2D eigenvalue weighted by molar-refractivity contribution is 5.80. The topological polar surface area (TPSA) is 96.1 Å². The van der Waals surface area contributed by atoms with Crippen LogP contribution in [0.5, 0.6) is 0 Å². The molecule has 1 fully saturated rings. The van der Waals surface area contributed by atoms with Crippen molar-refractivity contribution in [1.29, 1.82) is 0 Å². The molecule has 0 aromatic carbocycles. The molecule has 140 valence electrons. The molecule has 0 aliphatic carbocycles. The SMILES string of the molecule is CCOC(=O)N1CCC(NC(=NC)NCc2nnc3ccccn23)CC1. The van der Waals surface area contributed by atoms with Crippen molar-refractivity contribution in [1.82, 2.24) is 30.1 Å². The molecule has 3 heterocycles. The summed E-state index contributed by atoms with van der Waals surface area (Å²) in [4.78, 5) is 17.8. The Labute approximate surface area is 152 Å². The van der Waals surface area contributed by atoms with Crippen molar-refractivity contribution in [3.8, 4) is 0 Å². The summed E-state index contributed by atoms with van der Waals surface area (Å²) in [6.45, 7) is 4.11. The summed E-state index contributed by atoms with van der Waals surface area (Å²) in [5, 5.41) is 15.0. The minimum absolute atomic E-state index is 0.229. The van der Waals surface area contributed by atoms with Crippen LogP contribution in [0.3, 0.4) is 0 Å². The second-order valence-corrected chi connectivity index (χ2v) is 6.08. The van der Waals surface area contributed by atoms with Gasteiger partial charge in [0.05, 0.1) is 13.2 Å². The average Bonchev–Trinajstić information content (AvgIpc) is 3.09. The third-order valence-electron chi connectivity index (χ3n) is 4.38. The van der Waals surface area contributed by atoms with Crippen LogP contribution in [-0.2, 0) is 11.3 Å². The van der Waals surface area contributed by atoms with E-state index >= 15 is 0 Å². The molecule has 0 atom stereocenters. The molecule has 0 bridgehead atoms. The Morgan fingerprint density at radius 3 is 2.88 bits per heavy atom. The number of ether oxygens (including phenoxy) is 1. The van der Waals surface area contributed by atoms with Crippen molar-refractivity contribution in [2.24, 2.45) is 4.99 Å². The van der Waals surface area contributed by atoms with Gasteiger partial charge in [-0.25, -0.2) is 4.79 Å². The highest BCUT2D eigenvalue weighted by Crippen LogP contribution is 2.11. The Morgan fingerprint density at radius 1 is 1.35 bits per heavy atom. The van der Waals surface area contributed by atoms with Gasteiger partial charge in [0.2, 0.25) is 0 Å². The maximum atomic E-state index is 11.8. The van der Waals surface area contributed by atoms with Crippen LogP contribution < -0.4 is 10.6 Å². The van der Waals surface area contributed by atoms with Crippen LogP contribution in [0.25, 0.3) is 5.65 Å². The molecule has 1 saturated heterocycles. The summed E-state index contributed by atoms with van der Waals surface area (Å²) in [5.74, 6) is 1.54. The molecule has 1 amide bonds. The number of carbonyl (C=O) groups excluding carboxylic acids is 1. The molecule has 9 heteroatoms. The zero-order chi connectivity index (χ0) is 18.4. The predicted molar refractivity (Wildman–Crippen MR) is 97.9 cm³/mol. The monoisotopic (exact) mass is 359 g/mol. The number of carbonyl (C=O) groups is 1. The molecule has 0 radical (unpaired) electrons. The zero-order valence-electron chi connectivity index (χ0n) is 15.2. The van der Waals surface area contributed by atoms with Crippen molar-refractivity contribution < 1.29 is 9.53 Å². The number of fused-ring (bicyclic) bond motifs is 1. The van der Waals surface area contributed by atoms with Crippen LogP contribution >= 0.6 is 0 Å². The van der Waals surface area contributed by atoms with Gasteiger partial charge in [-0.05, 0) is 31.9 Å². The number of likely N-dealkylation sites (tertiary alicyclic amines) is 1. The number of pyridine rings is 1. The van der Waals surface area contributed by atoms with E-state index in [4.69, 9.17) is 4.74 Å². The van der Waals surface area contributed by atoms with Gasteiger partial charge in [0.25, 0.3) is 0 Å². The van der Waals surface area contributed by atoms with Gasteiger partial charge in [-0.15, -0.1) is 10.2 Å². The molecule has 9 nitrogen and oxygen atoms in total. The van der Waals surface area contributed by atoms with Gasteiger partial charge < -0.3 is 20.3 Å². The third kappa shape index (κ3) is 4.22. The van der Waals surface area contributed by atoms with E-state index in [1.807, 2.05) is 35.7 Å². The number of piperidine rings is 1. The lowest BCUT2D eigenvalue weighted by Gasteiger charge is -2.32. The number of rotatable bonds is 4. The van der Waals surface area contributed by atoms with Crippen molar-refractivity contribution in [3.05, 3.63) is 30.2 Å². The van der Waals surface area contributed by atoms with E-state index in [0.717, 1.165) is 24.3 Å². The molecule has 1 aliphatic rings. The lowest BCUT2D eigenvalue weighted by atomic mass is 10.1. The Bertz CT molecular complexity index is 765. The molecule has 3 rings (SSSR count). The summed E-state index contributed by atoms with van der Waals surface area (Å²) in [6.07, 6.45) is 3.42. The van der Waals surface area contributed by atoms with Crippen LogP contribution in [-0.4, -0.2) is 64.3 Å². The second kappa shape index (κ2) is 8.50. The number of nitrogens with zero attached hydrogens (tertiary/aromatic N) is 5. The van der Waals surface area contributed by atoms with Crippen molar-refractivity contribution in [2.75, 3.05) is 26.7 Å². The Balaban J connectivity index is 1.49. The number of amides is 1. The molecular weight excluding hydrogens is 334 g/mol. The molecule has 1 aliphatic heterocycles. The average molecular weight is 359 g/mol. The maximum Gasteiger partial charge on any atom is 0.409 e. The van der Waals surface area contributed by atoms with Gasteiger partial charge in [-0.1, -0.05) is 6.07 Å². The first-order valence-electron chi connectivity index (χ1n) is 8.88. The van der Waals surface area contributed by atoms with Gasteiger partial charge in [0.15, 0.2) is 17.4 Å². The minimum atomic E-state index is -0.229. The van der Waals surface area contributed by atoms with Crippen LogP contribution in [0.1, 0.15) is 25.6 Å². The van der Waals surface area contributed by atoms with Gasteiger partial charge >= 0.3 is 6.09 Å². The van der Waals surface area contributed by atoms with Gasteiger partial charge in [-0.3, -0.25) is 9.39 Å². The van der Waals surface area contributed by atoms with E-state index in [1.54, 1.807) is 11.9 Å². The normalized spacial score (nSPS) is 15.9. The molecule has 0 saturated carbocycles. The smallest absolute Gasteiger partial charge is 0.409 e. The molecular formula is C17H25N7O2. The lowest BCUT2D eigenvalue weighted by molar-refractivity contribution is 0.0963. The van der Waals surface area contributed by atoms with Crippen molar-refractivity contribution >= 4 is 17.7 Å². The summed E-state index contributed by atoms with van der Waals surface area (Å²) < 4.78 is 6.99. The third-order valence-corrected chi connectivity index (χ3v) is 4.38. The van der Waals surface area contributed by atoms with Gasteiger partial charge in [0.1, 0.15) is 0 Å². The van der Waals surface area contributed by atoms with E-state index in [0.29, 0.717) is 32.2 Å². The van der Waals surface area contributed by atoms with E-state index in [9.17, 15) is 4.79 Å². The van der Waals surface area contributed by atoms with E-state index < -0.39 is 0 Å². The number of aliphatic imine (C=N–C) groups is 1. The van der Waals surface area contributed by atoms with Crippen molar-refractivity contribution in [3.63, 3.8) is 0 Å². The van der Waals surface area contributed by atoms with Crippen molar-refractivity contribution in [2.45, 2.75) is 32.4 Å². The van der Waals surface area contributed by atoms with Gasteiger partial charge in [0, 0.05) is 32.4 Å². The highest BCUT2D eigenvalue weighted by atomic mass is 16.6. The molecule has 2 aromatic heterocycles. The first-order chi connectivity index (χ1) is 12.7. The number of nitrogens with one attached hydrogen (secondary N) is 2. The Kier molecular flexibility index (Phi) is 5.88. The van der Waals surface area contributed by atoms with E-state index in [1.165, 1.54) is 0 Å². The first-order valence-corrected chi connectivity index (χ1v) is 8.88. The fourth-order valence-corrected chi connectivity index (χ4v) is 2.98. The quantitative estimate of drug-likeness (QED) is 0.625. The standard InChI is InChI=1S/C17H25N7O2/c1-3-26-17(25)23-10-7-13(8-11-23)20-16(18-2)19-12-15-22-21-14-6-4-5-9-24(14)15/h4-6,9,13H,3,7-8,10-12H2,1-2H3,(H2,18,19,20). The number of guanidine groups is 1. The van der Waals surface area contributed by atoms with Crippen LogP contribution in [0, 0.1) is 0 Å². The van der Waals surface area contributed by atoms with Crippen LogP contribution in [0.4, 0.5) is 4.79 Å². The summed E-state index contributed by atoms with van der Waals surface area (Å²) in [7, 11) is 1.74. The molecule has 26 heavy (non-hydrogen) atoms. The van der Waals surface area contributed by atoms with E-state index in [2.05, 4.69) is 25.8 Å². The fraction of sp³-hybridized carbons (Fsp3) is 0.529. The molecule has 0 spiro atoms. The highest BCUT2D eigenvalue weighted by Gasteiger charge is 2.24. The Hall–Kier alpha value is -2.84. The molecule has 2 N–H and O–H groups in total. The molecule has 0 unspecified atom stereocenters. The fourth-order valence-electron chi connectivity index (χ4n) is 2.98.